The van der Waals surface area contributed by atoms with E-state index in [2.05, 4.69) is 10.6 Å². The summed E-state index contributed by atoms with van der Waals surface area (Å²) >= 11 is 1.44. The normalized spacial score (nSPS) is 28.4. The van der Waals surface area contributed by atoms with Gasteiger partial charge < -0.3 is 31.3 Å². The molecule has 4 rings (SSSR count). The van der Waals surface area contributed by atoms with E-state index in [0.29, 0.717) is 24.3 Å². The molecule has 7 atom stereocenters. The number of carbonyl (C=O) groups is 4. The number of nitrogens with two attached hydrogens (primary N) is 1. The second kappa shape index (κ2) is 10.8. The number of hydrogen-bond acceptors (Lipinski definition) is 7. The van der Waals surface area contributed by atoms with Crippen LogP contribution in [0, 0.1) is 11.8 Å². The Hall–Kier alpha value is -2.89. The van der Waals surface area contributed by atoms with Gasteiger partial charge in [-0.05, 0) is 25.3 Å². The number of nitrogens with zero attached hydrogens (tertiary/aromatic N) is 2. The summed E-state index contributed by atoms with van der Waals surface area (Å²) in [6, 6.07) is 7.55. The lowest BCUT2D eigenvalue weighted by atomic mass is 9.78. The first-order valence-electron chi connectivity index (χ1n) is 12.5. The minimum absolute atomic E-state index is 0.0101. The zero-order chi connectivity index (χ0) is 27.0. The zero-order valence-corrected chi connectivity index (χ0v) is 22.3. The second-order valence-corrected chi connectivity index (χ2v) is 11.6. The van der Waals surface area contributed by atoms with Crippen LogP contribution in [0.3, 0.4) is 0 Å². The summed E-state index contributed by atoms with van der Waals surface area (Å²) in [6.07, 6.45) is 0.959. The second-order valence-electron chi connectivity index (χ2n) is 10.3. The monoisotopic (exact) mass is 529 g/mol. The van der Waals surface area contributed by atoms with Gasteiger partial charge in [0.05, 0.1) is 24.0 Å². The first-order chi connectivity index (χ1) is 17.5. The van der Waals surface area contributed by atoms with Crippen molar-refractivity contribution >= 4 is 35.5 Å². The molecule has 0 spiro atoms. The van der Waals surface area contributed by atoms with E-state index >= 15 is 0 Å². The van der Waals surface area contributed by atoms with E-state index in [1.807, 2.05) is 37.3 Å². The van der Waals surface area contributed by atoms with Gasteiger partial charge >= 0.3 is 5.97 Å². The first kappa shape index (κ1) is 27.2. The third-order valence-corrected chi connectivity index (χ3v) is 8.97. The molecule has 3 aliphatic rings. The van der Waals surface area contributed by atoms with Crippen LogP contribution < -0.4 is 16.4 Å². The van der Waals surface area contributed by atoms with Crippen molar-refractivity contribution < 1.29 is 24.3 Å². The molecule has 0 radical (unpaired) electrons. The van der Waals surface area contributed by atoms with Crippen LogP contribution in [0.25, 0.3) is 0 Å². The molecule has 1 aromatic carbocycles. The minimum atomic E-state index is -1.14. The van der Waals surface area contributed by atoms with Gasteiger partial charge in [-0.3, -0.25) is 14.4 Å². The molecule has 0 aliphatic carbocycles. The number of thioether (sulfide) groups is 1. The molecule has 37 heavy (non-hydrogen) atoms. The average Bonchev–Trinajstić information content (AvgIpc) is 3.40. The summed E-state index contributed by atoms with van der Waals surface area (Å²) < 4.78 is 0. The molecule has 3 aliphatic heterocycles. The number of benzene rings is 1. The molecule has 10 nitrogen and oxygen atoms in total. The van der Waals surface area contributed by atoms with Gasteiger partial charge in [-0.2, -0.15) is 0 Å². The fourth-order valence-corrected chi connectivity index (χ4v) is 7.03. The highest BCUT2D eigenvalue weighted by Gasteiger charge is 2.60. The predicted molar refractivity (Wildman–Crippen MR) is 140 cm³/mol. The summed E-state index contributed by atoms with van der Waals surface area (Å²) in [6.45, 7) is 4.27. The van der Waals surface area contributed by atoms with Crippen molar-refractivity contribution in [1.29, 1.82) is 0 Å². The molecule has 3 amide bonds. The number of carboxylic acid groups (broad SMARTS) is 1. The van der Waals surface area contributed by atoms with Crippen molar-refractivity contribution in [2.45, 2.75) is 56.1 Å². The molecule has 0 saturated carbocycles. The van der Waals surface area contributed by atoms with Crippen molar-refractivity contribution in [3.8, 4) is 0 Å². The van der Waals surface area contributed by atoms with Crippen LogP contribution in [0.5, 0.6) is 0 Å². The Balaban J connectivity index is 1.42. The molecule has 0 unspecified atom stereocenters. The lowest BCUT2D eigenvalue weighted by molar-refractivity contribution is -0.158. The van der Waals surface area contributed by atoms with Crippen molar-refractivity contribution in [3.05, 3.63) is 46.5 Å². The Morgan fingerprint density at radius 3 is 2.57 bits per heavy atom. The van der Waals surface area contributed by atoms with Crippen molar-refractivity contribution in [1.82, 2.24) is 20.4 Å². The fourth-order valence-electron chi connectivity index (χ4n) is 5.55. The van der Waals surface area contributed by atoms with Crippen LogP contribution in [-0.2, 0) is 25.6 Å². The molecule has 2 saturated heterocycles. The summed E-state index contributed by atoms with van der Waals surface area (Å²) in [5, 5.41) is 16.1. The van der Waals surface area contributed by atoms with E-state index in [0.717, 1.165) is 5.56 Å². The van der Waals surface area contributed by atoms with E-state index in [1.54, 1.807) is 25.9 Å². The number of β-lactam (4-membered cyclic amide) rings is 1. The van der Waals surface area contributed by atoms with Gasteiger partial charge in [0.2, 0.25) is 17.7 Å². The van der Waals surface area contributed by atoms with Gasteiger partial charge in [-0.25, -0.2) is 4.79 Å². The highest BCUT2D eigenvalue weighted by Crippen LogP contribution is 2.51. The Morgan fingerprint density at radius 1 is 1.27 bits per heavy atom. The maximum atomic E-state index is 13.2. The number of nitrogens with one attached hydrogen (secondary N) is 2. The average molecular weight is 530 g/mol. The van der Waals surface area contributed by atoms with Crippen molar-refractivity contribution in [2.24, 2.45) is 17.6 Å². The van der Waals surface area contributed by atoms with Crippen molar-refractivity contribution in [2.75, 3.05) is 20.6 Å². The maximum Gasteiger partial charge on any atom is 0.353 e. The third-order valence-electron chi connectivity index (χ3n) is 7.46. The van der Waals surface area contributed by atoms with Crippen LogP contribution in [0.2, 0.25) is 0 Å². The van der Waals surface area contributed by atoms with Gasteiger partial charge in [0.25, 0.3) is 0 Å². The molecule has 0 bridgehead atoms. The molecule has 200 valence electrons. The summed E-state index contributed by atoms with van der Waals surface area (Å²) in [5.74, 6) is -2.55. The largest absolute Gasteiger partial charge is 0.477 e. The number of fused-ring (bicyclic) bond motifs is 1. The molecule has 5 N–H and O–H groups in total. The van der Waals surface area contributed by atoms with Crippen molar-refractivity contribution in [3.63, 3.8) is 0 Å². The van der Waals surface area contributed by atoms with Crippen LogP contribution >= 0.6 is 11.8 Å². The molecular weight excluding hydrogens is 494 g/mol. The number of hydrogen-bond donors (Lipinski definition) is 4. The number of rotatable bonds is 9. The van der Waals surface area contributed by atoms with Gasteiger partial charge in [0, 0.05) is 42.8 Å². The van der Waals surface area contributed by atoms with E-state index in [4.69, 9.17) is 5.73 Å². The molecule has 3 heterocycles. The Bertz CT molecular complexity index is 1110. The Labute approximate surface area is 221 Å². The first-order valence-corrected chi connectivity index (χ1v) is 13.4. The lowest BCUT2D eigenvalue weighted by Crippen LogP contribution is -2.66. The number of aliphatic carboxylic acids is 1. The standard InChI is InChI=1S/C26H35N5O5S/c1-13-20-19(14(2)29-23(32)17(27)10-15-8-6-5-7-9-15)25(34)31(20)21(26(35)36)22(13)37-16-11-18(28-12-16)24(33)30(3)4/h5-9,13-14,16-20,28H,10-12,27H2,1-4H3,(H,29,32)(H,35,36)/t13-,14-,16+,17-,18+,19-,20-/m1/s1. The molecule has 2 fully saturated rings. The number of carbonyl (C=O) groups excluding carboxylic acids is 3. The highest BCUT2D eigenvalue weighted by atomic mass is 32.2. The van der Waals surface area contributed by atoms with E-state index < -0.39 is 24.0 Å². The van der Waals surface area contributed by atoms with Gasteiger partial charge in [0.1, 0.15) is 5.70 Å². The summed E-state index contributed by atoms with van der Waals surface area (Å²) in [7, 11) is 3.42. The predicted octanol–water partition coefficient (Wildman–Crippen LogP) is 0.386. The highest BCUT2D eigenvalue weighted by molar-refractivity contribution is 8.03. The molecule has 1 aromatic rings. The topological polar surface area (TPSA) is 145 Å². The quantitative estimate of drug-likeness (QED) is 0.336. The van der Waals surface area contributed by atoms with Gasteiger partial charge in [0.15, 0.2) is 0 Å². The zero-order valence-electron chi connectivity index (χ0n) is 21.5. The smallest absolute Gasteiger partial charge is 0.353 e. The van der Waals surface area contributed by atoms with Crippen LogP contribution in [0.15, 0.2) is 40.9 Å². The van der Waals surface area contributed by atoms with Gasteiger partial charge in [-0.1, -0.05) is 37.3 Å². The lowest BCUT2D eigenvalue weighted by Gasteiger charge is -2.47. The summed E-state index contributed by atoms with van der Waals surface area (Å²) in [4.78, 5) is 54.1. The SMILES string of the molecule is C[C@@H](NC(=O)[C@H](N)Cc1ccccc1)[C@H]1C(=O)N2C(C(=O)O)=C(S[C@@H]3CN[C@H](C(=O)N(C)C)C3)[C@H](C)[C@H]12. The van der Waals surface area contributed by atoms with E-state index in [1.165, 1.54) is 16.7 Å². The third kappa shape index (κ3) is 5.25. The Kier molecular flexibility index (Phi) is 7.96. The number of carboxylic acids is 1. The number of likely N-dealkylation sites (N-methyl/N-ethyl adjacent to an activating group) is 1. The van der Waals surface area contributed by atoms with Crippen LogP contribution in [0.1, 0.15) is 25.8 Å². The summed E-state index contributed by atoms with van der Waals surface area (Å²) in [5.41, 5.74) is 7.09. The van der Waals surface area contributed by atoms with Gasteiger partial charge in [-0.15, -0.1) is 11.8 Å². The molecular formula is C26H35N5O5S. The van der Waals surface area contributed by atoms with E-state index in [9.17, 15) is 24.3 Å². The van der Waals surface area contributed by atoms with Crippen LogP contribution in [-0.4, -0.2) is 88.7 Å². The van der Waals surface area contributed by atoms with Crippen LogP contribution in [0.4, 0.5) is 0 Å². The molecule has 0 aromatic heterocycles. The van der Waals surface area contributed by atoms with E-state index in [-0.39, 0.29) is 46.7 Å². The minimum Gasteiger partial charge on any atom is -0.477 e. The Morgan fingerprint density at radius 2 is 1.95 bits per heavy atom. The molecule has 11 heteroatoms. The fraction of sp³-hybridized carbons (Fsp3) is 0.538. The maximum absolute atomic E-state index is 13.2. The number of amides is 3.